The van der Waals surface area contributed by atoms with E-state index in [1.807, 2.05) is 37.3 Å². The third-order valence-electron chi connectivity index (χ3n) is 6.86. The topological polar surface area (TPSA) is 105 Å². The van der Waals surface area contributed by atoms with Gasteiger partial charge in [0, 0.05) is 18.7 Å². The van der Waals surface area contributed by atoms with Crippen molar-refractivity contribution in [1.82, 2.24) is 10.2 Å². The van der Waals surface area contributed by atoms with Crippen LogP contribution < -0.4 is 19.1 Å². The summed E-state index contributed by atoms with van der Waals surface area (Å²) in [5, 5.41) is 3.14. The van der Waals surface area contributed by atoms with Crippen LogP contribution in [0.5, 0.6) is 11.5 Å². The normalized spacial score (nSPS) is 16.2. The molecule has 1 saturated carbocycles. The first-order valence-electron chi connectivity index (χ1n) is 12.8. The van der Waals surface area contributed by atoms with E-state index in [0.29, 0.717) is 23.6 Å². The third kappa shape index (κ3) is 6.74. The highest BCUT2D eigenvalue weighted by molar-refractivity contribution is 7.92. The van der Waals surface area contributed by atoms with Crippen molar-refractivity contribution in [3.05, 3.63) is 54.1 Å². The van der Waals surface area contributed by atoms with Crippen LogP contribution in [-0.4, -0.2) is 56.8 Å². The molecule has 1 atom stereocenters. The van der Waals surface area contributed by atoms with E-state index in [4.69, 9.17) is 9.47 Å². The molecule has 0 spiro atoms. The van der Waals surface area contributed by atoms with E-state index in [9.17, 15) is 18.0 Å². The van der Waals surface area contributed by atoms with Crippen LogP contribution >= 0.6 is 0 Å². The van der Waals surface area contributed by atoms with Crippen LogP contribution in [0.15, 0.2) is 48.5 Å². The molecule has 1 aliphatic carbocycles. The monoisotopic (exact) mass is 529 g/mol. The average Bonchev–Trinajstić information content (AvgIpc) is 3.35. The van der Waals surface area contributed by atoms with Crippen LogP contribution in [0.2, 0.25) is 0 Å². The molecule has 0 unspecified atom stereocenters. The van der Waals surface area contributed by atoms with Gasteiger partial charge in [-0.15, -0.1) is 0 Å². The summed E-state index contributed by atoms with van der Waals surface area (Å²) >= 11 is 0. The molecule has 1 aliphatic heterocycles. The number of hydrogen-bond acceptors (Lipinski definition) is 6. The first kappa shape index (κ1) is 26.8. The first-order valence-corrected chi connectivity index (χ1v) is 14.6. The Morgan fingerprint density at radius 1 is 1.03 bits per heavy atom. The number of sulfonamides is 1. The van der Waals surface area contributed by atoms with Crippen molar-refractivity contribution in [3.63, 3.8) is 0 Å². The molecular weight excluding hydrogens is 494 g/mol. The fourth-order valence-corrected chi connectivity index (χ4v) is 5.74. The molecule has 37 heavy (non-hydrogen) atoms. The van der Waals surface area contributed by atoms with Gasteiger partial charge in [0.1, 0.15) is 12.6 Å². The van der Waals surface area contributed by atoms with Gasteiger partial charge in [-0.1, -0.05) is 56.5 Å². The van der Waals surface area contributed by atoms with E-state index in [0.717, 1.165) is 41.8 Å². The van der Waals surface area contributed by atoms with E-state index in [1.165, 1.54) is 11.3 Å². The van der Waals surface area contributed by atoms with Gasteiger partial charge < -0.3 is 19.7 Å². The zero-order valence-corrected chi connectivity index (χ0v) is 22.2. The number of fused-ring (bicyclic) bond motifs is 1. The lowest BCUT2D eigenvalue weighted by molar-refractivity contribution is -0.140. The Labute approximate surface area is 218 Å². The van der Waals surface area contributed by atoms with Crippen LogP contribution in [0.3, 0.4) is 0 Å². The fraction of sp³-hybridized carbons (Fsp3) is 0.481. The van der Waals surface area contributed by atoms with Gasteiger partial charge in [0.25, 0.3) is 0 Å². The van der Waals surface area contributed by atoms with Gasteiger partial charge in [-0.25, -0.2) is 8.42 Å². The Bertz CT molecular complexity index is 1200. The van der Waals surface area contributed by atoms with Gasteiger partial charge in [0.2, 0.25) is 28.6 Å². The number of hydrogen-bond donors (Lipinski definition) is 1. The van der Waals surface area contributed by atoms with Crippen molar-refractivity contribution < 1.29 is 27.5 Å². The van der Waals surface area contributed by atoms with Crippen LogP contribution in [0.4, 0.5) is 5.69 Å². The Morgan fingerprint density at radius 2 is 1.73 bits per heavy atom. The molecule has 0 aromatic heterocycles. The van der Waals surface area contributed by atoms with E-state index in [1.54, 1.807) is 18.2 Å². The summed E-state index contributed by atoms with van der Waals surface area (Å²) in [6.45, 7) is 1.66. The first-order chi connectivity index (χ1) is 17.8. The van der Waals surface area contributed by atoms with Gasteiger partial charge in [-0.3, -0.25) is 13.9 Å². The maximum absolute atomic E-state index is 13.8. The number of anilines is 1. The number of nitrogens with one attached hydrogen (secondary N) is 1. The SMILES string of the molecule is CC[C@H](C(=O)NC1CCCCC1)N(Cc1ccccc1)C(=O)CN(c1ccc2c(c1)OCO2)S(C)(=O)=O. The molecule has 4 rings (SSSR count). The summed E-state index contributed by atoms with van der Waals surface area (Å²) in [4.78, 5) is 28.7. The molecular formula is C27H35N3O6S. The molecule has 0 radical (unpaired) electrons. The van der Waals surface area contributed by atoms with Crippen molar-refractivity contribution in [1.29, 1.82) is 0 Å². The zero-order valence-electron chi connectivity index (χ0n) is 21.4. The fourth-order valence-electron chi connectivity index (χ4n) is 4.90. The minimum absolute atomic E-state index is 0.0513. The second kappa shape index (κ2) is 11.9. The van der Waals surface area contributed by atoms with Crippen molar-refractivity contribution in [3.8, 4) is 11.5 Å². The molecule has 1 heterocycles. The highest BCUT2D eigenvalue weighted by atomic mass is 32.2. The largest absolute Gasteiger partial charge is 0.454 e. The summed E-state index contributed by atoms with van der Waals surface area (Å²) in [6.07, 6.45) is 6.64. The zero-order chi connectivity index (χ0) is 26.4. The lowest BCUT2D eigenvalue weighted by Crippen LogP contribution is -2.53. The van der Waals surface area contributed by atoms with Crippen molar-refractivity contribution in [2.75, 3.05) is 23.9 Å². The van der Waals surface area contributed by atoms with E-state index < -0.39 is 28.5 Å². The summed E-state index contributed by atoms with van der Waals surface area (Å²) in [5.74, 6) is 0.267. The molecule has 1 fully saturated rings. The number of nitrogens with zero attached hydrogens (tertiary/aromatic N) is 2. The Balaban J connectivity index is 1.60. The molecule has 0 bridgehead atoms. The molecule has 2 aromatic carbocycles. The predicted molar refractivity (Wildman–Crippen MR) is 141 cm³/mol. The Morgan fingerprint density at radius 3 is 2.41 bits per heavy atom. The summed E-state index contributed by atoms with van der Waals surface area (Å²) in [5.41, 5.74) is 1.15. The number of ether oxygens (including phenoxy) is 2. The third-order valence-corrected chi connectivity index (χ3v) is 8.00. The van der Waals surface area contributed by atoms with Crippen LogP contribution in [0, 0.1) is 0 Å². The van der Waals surface area contributed by atoms with Crippen LogP contribution in [0.1, 0.15) is 51.0 Å². The average molecular weight is 530 g/mol. The molecule has 10 heteroatoms. The lowest BCUT2D eigenvalue weighted by atomic mass is 9.95. The molecule has 2 amide bonds. The van der Waals surface area contributed by atoms with Gasteiger partial charge >= 0.3 is 0 Å². The Kier molecular flexibility index (Phi) is 8.58. The van der Waals surface area contributed by atoms with Crippen molar-refractivity contribution >= 4 is 27.5 Å². The molecule has 1 N–H and O–H groups in total. The smallest absolute Gasteiger partial charge is 0.244 e. The number of benzene rings is 2. The molecule has 9 nitrogen and oxygen atoms in total. The van der Waals surface area contributed by atoms with E-state index in [-0.39, 0.29) is 25.3 Å². The van der Waals surface area contributed by atoms with E-state index >= 15 is 0 Å². The summed E-state index contributed by atoms with van der Waals surface area (Å²) in [6, 6.07) is 13.5. The summed E-state index contributed by atoms with van der Waals surface area (Å²) in [7, 11) is -3.82. The number of rotatable bonds is 10. The van der Waals surface area contributed by atoms with Crippen LogP contribution in [-0.2, 0) is 26.2 Å². The number of amides is 2. The number of carbonyl (C=O) groups is 2. The molecule has 200 valence electrons. The maximum atomic E-state index is 13.8. The van der Waals surface area contributed by atoms with E-state index in [2.05, 4.69) is 5.32 Å². The molecule has 0 saturated heterocycles. The van der Waals surface area contributed by atoms with Gasteiger partial charge in [-0.2, -0.15) is 0 Å². The molecule has 2 aromatic rings. The minimum Gasteiger partial charge on any atom is -0.454 e. The van der Waals surface area contributed by atoms with Crippen molar-refractivity contribution in [2.24, 2.45) is 0 Å². The standard InChI is InChI=1S/C27H35N3O6S/c1-3-23(27(32)28-21-12-8-5-9-13-21)29(17-20-10-6-4-7-11-20)26(31)18-30(37(2,33)34)22-14-15-24-25(16-22)36-19-35-24/h4,6-7,10-11,14-16,21,23H,3,5,8-9,12-13,17-19H2,1-2H3,(H,28,32)/t23-/m1/s1. The van der Waals surface area contributed by atoms with Gasteiger partial charge in [0.15, 0.2) is 11.5 Å². The van der Waals surface area contributed by atoms with Gasteiger partial charge in [-0.05, 0) is 37.0 Å². The minimum atomic E-state index is -3.82. The highest BCUT2D eigenvalue weighted by Gasteiger charge is 2.33. The number of carbonyl (C=O) groups excluding carboxylic acids is 2. The second-order valence-corrected chi connectivity index (χ2v) is 11.5. The Hall–Kier alpha value is -3.27. The predicted octanol–water partition coefficient (Wildman–Crippen LogP) is 3.44. The summed E-state index contributed by atoms with van der Waals surface area (Å²) < 4.78 is 37.3. The highest BCUT2D eigenvalue weighted by Crippen LogP contribution is 2.36. The quantitative estimate of drug-likeness (QED) is 0.506. The van der Waals surface area contributed by atoms with Crippen molar-refractivity contribution in [2.45, 2.75) is 64.1 Å². The maximum Gasteiger partial charge on any atom is 0.244 e. The molecule has 2 aliphatic rings. The van der Waals surface area contributed by atoms with Crippen LogP contribution in [0.25, 0.3) is 0 Å². The lowest BCUT2D eigenvalue weighted by Gasteiger charge is -2.34. The second-order valence-electron chi connectivity index (χ2n) is 9.58. The van der Waals surface area contributed by atoms with Gasteiger partial charge in [0.05, 0.1) is 11.9 Å².